The SMILES string of the molecule is Cc1n[nH]c(C)c1S(=O)(=O)N1CCCC2C(=O)NCC21. The minimum Gasteiger partial charge on any atom is -0.354 e. The normalized spacial score (nSPS) is 27.4. The standard InChI is InChI=1S/C12H18N4O3S/c1-7-11(8(2)15-14-7)20(18,19)16-5-3-4-9-10(16)6-13-12(9)17/h9-10H,3-6H2,1-2H3,(H,13,17)(H,14,15). The maximum atomic E-state index is 12.9. The number of sulfonamides is 1. The van der Waals surface area contributed by atoms with Crippen molar-refractivity contribution >= 4 is 15.9 Å². The molecule has 1 amide bonds. The molecule has 3 rings (SSSR count). The van der Waals surface area contributed by atoms with E-state index < -0.39 is 10.0 Å². The fourth-order valence-electron chi connectivity index (χ4n) is 3.25. The van der Waals surface area contributed by atoms with E-state index >= 15 is 0 Å². The zero-order valence-electron chi connectivity index (χ0n) is 11.5. The first-order valence-corrected chi connectivity index (χ1v) is 8.18. The first-order chi connectivity index (χ1) is 9.43. The van der Waals surface area contributed by atoms with E-state index in [9.17, 15) is 13.2 Å². The van der Waals surface area contributed by atoms with Crippen LogP contribution in [0.25, 0.3) is 0 Å². The molecule has 2 N–H and O–H groups in total. The maximum absolute atomic E-state index is 12.9. The number of rotatable bonds is 2. The van der Waals surface area contributed by atoms with Crippen molar-refractivity contribution in [3.8, 4) is 0 Å². The molecule has 0 bridgehead atoms. The monoisotopic (exact) mass is 298 g/mol. The van der Waals surface area contributed by atoms with E-state index in [0.29, 0.717) is 30.9 Å². The minimum atomic E-state index is -3.61. The zero-order chi connectivity index (χ0) is 14.5. The van der Waals surface area contributed by atoms with Gasteiger partial charge < -0.3 is 5.32 Å². The average molecular weight is 298 g/mol. The number of H-pyrrole nitrogens is 1. The highest BCUT2D eigenvalue weighted by atomic mass is 32.2. The lowest BCUT2D eigenvalue weighted by Crippen LogP contribution is -2.48. The lowest BCUT2D eigenvalue weighted by atomic mass is 9.93. The van der Waals surface area contributed by atoms with Crippen molar-refractivity contribution in [2.45, 2.75) is 37.6 Å². The fraction of sp³-hybridized carbons (Fsp3) is 0.667. The number of carbonyl (C=O) groups excluding carboxylic acids is 1. The molecule has 3 heterocycles. The number of fused-ring (bicyclic) bond motifs is 1. The molecule has 1 aromatic rings. The van der Waals surface area contributed by atoms with Gasteiger partial charge in [0.15, 0.2) is 0 Å². The van der Waals surface area contributed by atoms with Crippen molar-refractivity contribution in [3.05, 3.63) is 11.4 Å². The van der Waals surface area contributed by atoms with Gasteiger partial charge in [0.25, 0.3) is 0 Å². The molecule has 0 spiro atoms. The van der Waals surface area contributed by atoms with E-state index in [-0.39, 0.29) is 22.8 Å². The molecular weight excluding hydrogens is 280 g/mol. The highest BCUT2D eigenvalue weighted by Crippen LogP contribution is 2.33. The van der Waals surface area contributed by atoms with Gasteiger partial charge in [-0.05, 0) is 26.7 Å². The number of aromatic amines is 1. The van der Waals surface area contributed by atoms with Gasteiger partial charge in [-0.2, -0.15) is 9.40 Å². The van der Waals surface area contributed by atoms with Crippen LogP contribution in [0.3, 0.4) is 0 Å². The summed E-state index contributed by atoms with van der Waals surface area (Å²) in [5.74, 6) is -0.249. The van der Waals surface area contributed by atoms with Gasteiger partial charge in [-0.25, -0.2) is 8.42 Å². The second-order valence-corrected chi connectivity index (χ2v) is 7.27. The Morgan fingerprint density at radius 2 is 2.10 bits per heavy atom. The highest BCUT2D eigenvalue weighted by molar-refractivity contribution is 7.89. The quantitative estimate of drug-likeness (QED) is 0.798. The summed E-state index contributed by atoms with van der Waals surface area (Å²) in [6, 6.07) is -0.269. The van der Waals surface area contributed by atoms with E-state index in [0.717, 1.165) is 6.42 Å². The van der Waals surface area contributed by atoms with Gasteiger partial charge in [0.05, 0.1) is 23.3 Å². The number of hydrogen-bond donors (Lipinski definition) is 2. The third-order valence-corrected chi connectivity index (χ3v) is 6.37. The second-order valence-electron chi connectivity index (χ2n) is 5.44. The Bertz CT molecular complexity index is 632. The smallest absolute Gasteiger partial charge is 0.247 e. The number of aromatic nitrogens is 2. The Labute approximate surface area is 117 Å². The van der Waals surface area contributed by atoms with E-state index in [1.165, 1.54) is 4.31 Å². The third kappa shape index (κ3) is 1.86. The Balaban J connectivity index is 2.01. The summed E-state index contributed by atoms with van der Waals surface area (Å²) in [4.78, 5) is 12.0. The molecule has 2 aliphatic heterocycles. The van der Waals surface area contributed by atoms with Crippen LogP contribution in [0, 0.1) is 19.8 Å². The van der Waals surface area contributed by atoms with Gasteiger partial charge in [0.1, 0.15) is 4.90 Å². The van der Waals surface area contributed by atoms with Crippen LogP contribution in [0.2, 0.25) is 0 Å². The molecule has 2 saturated heterocycles. The molecule has 2 aliphatic rings. The molecule has 2 unspecified atom stereocenters. The molecule has 7 nitrogen and oxygen atoms in total. The molecule has 2 fully saturated rings. The second kappa shape index (κ2) is 4.56. The fourth-order valence-corrected chi connectivity index (χ4v) is 5.28. The van der Waals surface area contributed by atoms with E-state index in [4.69, 9.17) is 0 Å². The molecule has 8 heteroatoms. The van der Waals surface area contributed by atoms with Crippen molar-refractivity contribution in [1.29, 1.82) is 0 Å². The number of piperidine rings is 1. The Morgan fingerprint density at radius 1 is 1.35 bits per heavy atom. The molecule has 0 radical (unpaired) electrons. The van der Waals surface area contributed by atoms with E-state index in [1.54, 1.807) is 13.8 Å². The van der Waals surface area contributed by atoms with Gasteiger partial charge in [-0.3, -0.25) is 9.89 Å². The Morgan fingerprint density at radius 3 is 2.75 bits per heavy atom. The van der Waals surface area contributed by atoms with Gasteiger partial charge >= 0.3 is 0 Å². The molecule has 0 aromatic carbocycles. The molecular formula is C12H18N4O3S. The van der Waals surface area contributed by atoms with Gasteiger partial charge in [-0.1, -0.05) is 0 Å². The average Bonchev–Trinajstić information content (AvgIpc) is 2.93. The number of carbonyl (C=O) groups is 1. The summed E-state index contributed by atoms with van der Waals surface area (Å²) in [6.07, 6.45) is 1.47. The van der Waals surface area contributed by atoms with Crippen LogP contribution in [0.5, 0.6) is 0 Å². The lowest BCUT2D eigenvalue weighted by molar-refractivity contribution is -0.123. The zero-order valence-corrected chi connectivity index (χ0v) is 12.3. The molecule has 1 aromatic heterocycles. The first-order valence-electron chi connectivity index (χ1n) is 6.74. The molecule has 20 heavy (non-hydrogen) atoms. The Hall–Kier alpha value is -1.41. The van der Waals surface area contributed by atoms with Crippen LogP contribution in [0.15, 0.2) is 4.90 Å². The third-order valence-electron chi connectivity index (χ3n) is 4.18. The van der Waals surface area contributed by atoms with Crippen LogP contribution in [0.1, 0.15) is 24.2 Å². The number of aryl methyl sites for hydroxylation is 2. The summed E-state index contributed by atoms with van der Waals surface area (Å²) >= 11 is 0. The predicted octanol–water partition coefficient (Wildman–Crippen LogP) is -0.0744. The van der Waals surface area contributed by atoms with Crippen LogP contribution < -0.4 is 5.32 Å². The summed E-state index contributed by atoms with van der Waals surface area (Å²) in [5, 5.41) is 9.45. The summed E-state index contributed by atoms with van der Waals surface area (Å²) in [6.45, 7) is 4.24. The van der Waals surface area contributed by atoms with E-state index in [2.05, 4.69) is 15.5 Å². The maximum Gasteiger partial charge on any atom is 0.247 e. The number of nitrogens with one attached hydrogen (secondary N) is 2. The largest absolute Gasteiger partial charge is 0.354 e. The van der Waals surface area contributed by atoms with Crippen molar-refractivity contribution in [2.24, 2.45) is 5.92 Å². The van der Waals surface area contributed by atoms with Crippen molar-refractivity contribution < 1.29 is 13.2 Å². The van der Waals surface area contributed by atoms with Crippen LogP contribution in [-0.2, 0) is 14.8 Å². The van der Waals surface area contributed by atoms with Crippen LogP contribution in [-0.4, -0.2) is 48.0 Å². The lowest BCUT2D eigenvalue weighted by Gasteiger charge is -2.34. The van der Waals surface area contributed by atoms with Gasteiger partial charge in [0, 0.05) is 13.1 Å². The highest BCUT2D eigenvalue weighted by Gasteiger charge is 2.46. The number of amides is 1. The number of nitrogens with zero attached hydrogens (tertiary/aromatic N) is 2. The topological polar surface area (TPSA) is 95.2 Å². The summed E-state index contributed by atoms with van der Waals surface area (Å²) < 4.78 is 27.2. The van der Waals surface area contributed by atoms with Crippen LogP contribution >= 0.6 is 0 Å². The number of hydrogen-bond acceptors (Lipinski definition) is 4. The van der Waals surface area contributed by atoms with Crippen molar-refractivity contribution in [3.63, 3.8) is 0 Å². The van der Waals surface area contributed by atoms with E-state index in [1.807, 2.05) is 0 Å². The molecule has 0 aliphatic carbocycles. The summed E-state index contributed by atoms with van der Waals surface area (Å²) in [7, 11) is -3.61. The molecule has 2 atom stereocenters. The first kappa shape index (κ1) is 13.6. The minimum absolute atomic E-state index is 0.0319. The Kier molecular flexibility index (Phi) is 3.09. The molecule has 0 saturated carbocycles. The molecule has 110 valence electrons. The van der Waals surface area contributed by atoms with Crippen LogP contribution in [0.4, 0.5) is 0 Å². The van der Waals surface area contributed by atoms with Crippen molar-refractivity contribution in [2.75, 3.05) is 13.1 Å². The van der Waals surface area contributed by atoms with Crippen molar-refractivity contribution in [1.82, 2.24) is 19.8 Å². The van der Waals surface area contributed by atoms with Gasteiger partial charge in [0.2, 0.25) is 15.9 Å². The predicted molar refractivity (Wildman–Crippen MR) is 71.5 cm³/mol. The summed E-state index contributed by atoms with van der Waals surface area (Å²) in [5.41, 5.74) is 1.02. The van der Waals surface area contributed by atoms with Gasteiger partial charge in [-0.15, -0.1) is 0 Å².